The molecule has 0 spiro atoms. The molecule has 3 aromatic rings. The number of aryl methyl sites for hydroxylation is 1. The van der Waals surface area contributed by atoms with E-state index in [2.05, 4.69) is 20.3 Å². The molecule has 8 heteroatoms. The third kappa shape index (κ3) is 6.18. The Labute approximate surface area is 181 Å². The SMILES string of the molecule is CCN(Cc1ccccc1)C(=O)CSCc1nc(N)nc(Nc2ccccc2C)n1. The van der Waals surface area contributed by atoms with Crippen molar-refractivity contribution in [2.75, 3.05) is 23.3 Å². The van der Waals surface area contributed by atoms with Gasteiger partial charge in [0.1, 0.15) is 5.82 Å². The number of hydrogen-bond acceptors (Lipinski definition) is 7. The predicted molar refractivity (Wildman–Crippen MR) is 122 cm³/mol. The van der Waals surface area contributed by atoms with E-state index < -0.39 is 0 Å². The first-order valence-corrected chi connectivity index (χ1v) is 10.9. The van der Waals surface area contributed by atoms with Crippen molar-refractivity contribution in [2.24, 2.45) is 0 Å². The molecular formula is C22H26N6OS. The molecule has 0 bridgehead atoms. The van der Waals surface area contributed by atoms with Gasteiger partial charge in [-0.3, -0.25) is 4.79 Å². The molecule has 1 heterocycles. The molecule has 0 aliphatic carbocycles. The van der Waals surface area contributed by atoms with Gasteiger partial charge in [-0.05, 0) is 31.0 Å². The van der Waals surface area contributed by atoms with Crippen molar-refractivity contribution in [1.82, 2.24) is 19.9 Å². The predicted octanol–water partition coefficient (Wildman–Crippen LogP) is 3.79. The number of nitrogens with two attached hydrogens (primary N) is 1. The molecule has 0 unspecified atom stereocenters. The summed E-state index contributed by atoms with van der Waals surface area (Å²) in [7, 11) is 0. The summed E-state index contributed by atoms with van der Waals surface area (Å²) in [6.07, 6.45) is 0. The Morgan fingerprint density at radius 2 is 1.80 bits per heavy atom. The number of hydrogen-bond donors (Lipinski definition) is 2. The Hall–Kier alpha value is -3.13. The van der Waals surface area contributed by atoms with Crippen molar-refractivity contribution >= 4 is 35.3 Å². The summed E-state index contributed by atoms with van der Waals surface area (Å²) in [5, 5.41) is 3.18. The van der Waals surface area contributed by atoms with Gasteiger partial charge in [-0.25, -0.2) is 0 Å². The highest BCUT2D eigenvalue weighted by molar-refractivity contribution is 7.99. The van der Waals surface area contributed by atoms with E-state index in [-0.39, 0.29) is 11.9 Å². The Morgan fingerprint density at radius 1 is 1.07 bits per heavy atom. The normalized spacial score (nSPS) is 10.6. The largest absolute Gasteiger partial charge is 0.368 e. The first-order chi connectivity index (χ1) is 14.5. The number of para-hydroxylation sites is 1. The van der Waals surface area contributed by atoms with Gasteiger partial charge in [0.25, 0.3) is 0 Å². The number of anilines is 3. The maximum Gasteiger partial charge on any atom is 0.232 e. The zero-order chi connectivity index (χ0) is 21.3. The number of amides is 1. The van der Waals surface area contributed by atoms with Crippen LogP contribution in [0.4, 0.5) is 17.6 Å². The summed E-state index contributed by atoms with van der Waals surface area (Å²) in [5.74, 6) is 2.02. The average Bonchev–Trinajstić information content (AvgIpc) is 2.74. The lowest BCUT2D eigenvalue weighted by atomic mass is 10.2. The number of benzene rings is 2. The van der Waals surface area contributed by atoms with Crippen molar-refractivity contribution in [3.8, 4) is 0 Å². The van der Waals surface area contributed by atoms with Crippen LogP contribution in [0.25, 0.3) is 0 Å². The second-order valence-electron chi connectivity index (χ2n) is 6.76. The minimum atomic E-state index is 0.0895. The molecule has 30 heavy (non-hydrogen) atoms. The fraction of sp³-hybridized carbons (Fsp3) is 0.273. The van der Waals surface area contributed by atoms with E-state index in [1.165, 1.54) is 11.8 Å². The summed E-state index contributed by atoms with van der Waals surface area (Å²) in [5.41, 5.74) is 8.96. The van der Waals surface area contributed by atoms with E-state index >= 15 is 0 Å². The second kappa shape index (κ2) is 10.6. The van der Waals surface area contributed by atoms with Gasteiger partial charge >= 0.3 is 0 Å². The van der Waals surface area contributed by atoms with E-state index in [0.29, 0.717) is 36.4 Å². The van der Waals surface area contributed by atoms with E-state index in [1.807, 2.05) is 73.3 Å². The zero-order valence-electron chi connectivity index (χ0n) is 17.2. The van der Waals surface area contributed by atoms with Crippen LogP contribution in [0.1, 0.15) is 23.9 Å². The summed E-state index contributed by atoms with van der Waals surface area (Å²) in [4.78, 5) is 27.2. The Morgan fingerprint density at radius 3 is 2.53 bits per heavy atom. The molecule has 1 amide bonds. The Bertz CT molecular complexity index is 982. The lowest BCUT2D eigenvalue weighted by Crippen LogP contribution is -2.31. The van der Waals surface area contributed by atoms with Gasteiger partial charge in [-0.2, -0.15) is 15.0 Å². The first-order valence-electron chi connectivity index (χ1n) is 9.77. The van der Waals surface area contributed by atoms with Gasteiger partial charge in [-0.1, -0.05) is 48.5 Å². The van der Waals surface area contributed by atoms with Crippen LogP contribution in [0.5, 0.6) is 0 Å². The molecule has 156 valence electrons. The molecule has 3 N–H and O–H groups in total. The minimum Gasteiger partial charge on any atom is -0.368 e. The van der Waals surface area contributed by atoms with Crippen molar-refractivity contribution in [1.29, 1.82) is 0 Å². The zero-order valence-corrected chi connectivity index (χ0v) is 18.0. The third-order valence-corrected chi connectivity index (χ3v) is 5.41. The van der Waals surface area contributed by atoms with Crippen LogP contribution < -0.4 is 11.1 Å². The molecule has 1 aromatic heterocycles. The first kappa shape index (κ1) is 21.6. The lowest BCUT2D eigenvalue weighted by molar-refractivity contribution is -0.128. The molecule has 0 saturated heterocycles. The number of nitrogens with zero attached hydrogens (tertiary/aromatic N) is 4. The smallest absolute Gasteiger partial charge is 0.232 e. The summed E-state index contributed by atoms with van der Waals surface area (Å²) in [6, 6.07) is 17.9. The van der Waals surface area contributed by atoms with Crippen LogP contribution in [0, 0.1) is 6.92 Å². The maximum atomic E-state index is 12.6. The van der Waals surface area contributed by atoms with E-state index in [0.717, 1.165) is 16.8 Å². The molecule has 0 aliphatic heterocycles. The number of nitrogen functional groups attached to an aromatic ring is 1. The van der Waals surface area contributed by atoms with Gasteiger partial charge in [0, 0.05) is 18.8 Å². The molecule has 0 fully saturated rings. The van der Waals surface area contributed by atoms with Crippen molar-refractivity contribution in [2.45, 2.75) is 26.1 Å². The van der Waals surface area contributed by atoms with Gasteiger partial charge in [0.2, 0.25) is 17.8 Å². The number of rotatable bonds is 9. The highest BCUT2D eigenvalue weighted by Gasteiger charge is 2.13. The van der Waals surface area contributed by atoms with Crippen LogP contribution in [0.3, 0.4) is 0 Å². The maximum absolute atomic E-state index is 12.6. The van der Waals surface area contributed by atoms with E-state index in [9.17, 15) is 4.79 Å². The quantitative estimate of drug-likeness (QED) is 0.541. The highest BCUT2D eigenvalue weighted by Crippen LogP contribution is 2.19. The number of carbonyl (C=O) groups is 1. The van der Waals surface area contributed by atoms with Crippen molar-refractivity contribution in [3.05, 3.63) is 71.5 Å². The molecule has 2 aromatic carbocycles. The van der Waals surface area contributed by atoms with Gasteiger partial charge in [0.15, 0.2) is 0 Å². The lowest BCUT2D eigenvalue weighted by Gasteiger charge is -2.20. The molecule has 0 radical (unpaired) electrons. The topological polar surface area (TPSA) is 97.0 Å². The van der Waals surface area contributed by atoms with Gasteiger partial charge < -0.3 is 16.0 Å². The summed E-state index contributed by atoms with van der Waals surface area (Å²) in [6.45, 7) is 5.27. The van der Waals surface area contributed by atoms with Gasteiger partial charge in [-0.15, -0.1) is 11.8 Å². The van der Waals surface area contributed by atoms with E-state index in [1.54, 1.807) is 0 Å². The number of thioether (sulfide) groups is 1. The standard InChI is InChI=1S/C22H26N6OS/c1-3-28(13-17-10-5-4-6-11-17)20(29)15-30-14-19-25-21(23)27-22(26-19)24-18-12-8-7-9-16(18)2/h4-12H,3,13-15H2,1-2H3,(H3,23,24,25,26,27). The molecule has 0 aliphatic rings. The second-order valence-corrected chi connectivity index (χ2v) is 7.75. The molecule has 0 saturated carbocycles. The van der Waals surface area contributed by atoms with Crippen LogP contribution in [0.2, 0.25) is 0 Å². The molecule has 3 rings (SSSR count). The number of nitrogens with one attached hydrogen (secondary N) is 1. The molecule has 0 atom stereocenters. The third-order valence-electron chi connectivity index (χ3n) is 4.50. The van der Waals surface area contributed by atoms with Crippen LogP contribution >= 0.6 is 11.8 Å². The highest BCUT2D eigenvalue weighted by atomic mass is 32.2. The number of carbonyl (C=O) groups excluding carboxylic acids is 1. The van der Waals surface area contributed by atoms with Crippen LogP contribution in [-0.2, 0) is 17.1 Å². The minimum absolute atomic E-state index is 0.0895. The van der Waals surface area contributed by atoms with Gasteiger partial charge in [0.05, 0.1) is 11.5 Å². The monoisotopic (exact) mass is 422 g/mol. The summed E-state index contributed by atoms with van der Waals surface area (Å²) < 4.78 is 0. The Kier molecular flexibility index (Phi) is 7.62. The van der Waals surface area contributed by atoms with E-state index in [4.69, 9.17) is 5.73 Å². The summed E-state index contributed by atoms with van der Waals surface area (Å²) >= 11 is 1.47. The average molecular weight is 423 g/mol. The fourth-order valence-electron chi connectivity index (χ4n) is 2.89. The van der Waals surface area contributed by atoms with Crippen molar-refractivity contribution < 1.29 is 4.79 Å². The molecular weight excluding hydrogens is 396 g/mol. The number of aromatic nitrogens is 3. The molecule has 7 nitrogen and oxygen atoms in total. The fourth-order valence-corrected chi connectivity index (χ4v) is 3.66. The Balaban J connectivity index is 1.56. The van der Waals surface area contributed by atoms with Crippen molar-refractivity contribution in [3.63, 3.8) is 0 Å². The van der Waals surface area contributed by atoms with Crippen LogP contribution in [-0.4, -0.2) is 38.1 Å². The van der Waals surface area contributed by atoms with Crippen LogP contribution in [0.15, 0.2) is 54.6 Å².